The molecule has 0 saturated heterocycles. The first-order valence-corrected chi connectivity index (χ1v) is 7.80. The van der Waals surface area contributed by atoms with Gasteiger partial charge in [-0.2, -0.15) is 0 Å². The van der Waals surface area contributed by atoms with Crippen LogP contribution >= 0.6 is 0 Å². The van der Waals surface area contributed by atoms with E-state index >= 15 is 0 Å². The van der Waals surface area contributed by atoms with Crippen molar-refractivity contribution in [3.8, 4) is 0 Å². The number of hydrogen-bond acceptors (Lipinski definition) is 3. The molecule has 2 rings (SSSR count). The Labute approximate surface area is 149 Å². The zero-order chi connectivity index (χ0) is 18.9. The van der Waals surface area contributed by atoms with E-state index in [1.54, 1.807) is 36.4 Å². The van der Waals surface area contributed by atoms with E-state index in [2.05, 4.69) is 10.6 Å². The Kier molecular flexibility index (Phi) is 6.61. The number of hydrogen-bond donors (Lipinski definition) is 3. The lowest BCUT2D eigenvalue weighted by atomic mass is 10.1. The fourth-order valence-corrected chi connectivity index (χ4v) is 2.07. The van der Waals surface area contributed by atoms with Crippen LogP contribution in [0.1, 0.15) is 22.3 Å². The van der Waals surface area contributed by atoms with Crippen LogP contribution < -0.4 is 10.6 Å². The fraction of sp³-hybridized carbons (Fsp3) is 0.105. The number of carbonyl (C=O) groups excluding carboxylic acids is 2. The van der Waals surface area contributed by atoms with Crippen LogP contribution in [0.25, 0.3) is 6.08 Å². The third-order valence-electron chi connectivity index (χ3n) is 3.36. The SMILES string of the molecule is O=C(O)CCNC(=O)/C(=C/c1ccccc1F)NC(=O)c1ccccc1. The van der Waals surface area contributed by atoms with Crippen molar-refractivity contribution in [1.82, 2.24) is 10.6 Å². The van der Waals surface area contributed by atoms with Gasteiger partial charge in [0, 0.05) is 17.7 Å². The van der Waals surface area contributed by atoms with Crippen molar-refractivity contribution in [3.05, 3.63) is 77.2 Å². The summed E-state index contributed by atoms with van der Waals surface area (Å²) in [4.78, 5) is 35.2. The molecule has 2 aromatic rings. The number of aliphatic carboxylic acids is 1. The van der Waals surface area contributed by atoms with Gasteiger partial charge in [-0.15, -0.1) is 0 Å². The molecule has 0 saturated carbocycles. The minimum Gasteiger partial charge on any atom is -0.481 e. The second-order valence-corrected chi connectivity index (χ2v) is 5.30. The van der Waals surface area contributed by atoms with Crippen LogP contribution in [0.15, 0.2) is 60.3 Å². The van der Waals surface area contributed by atoms with Crippen LogP contribution in [0.5, 0.6) is 0 Å². The topological polar surface area (TPSA) is 95.5 Å². The Morgan fingerprint density at radius 1 is 1.00 bits per heavy atom. The maximum absolute atomic E-state index is 13.9. The molecule has 0 fully saturated rings. The van der Waals surface area contributed by atoms with Gasteiger partial charge in [0.2, 0.25) is 0 Å². The summed E-state index contributed by atoms with van der Waals surface area (Å²) >= 11 is 0. The predicted octanol–water partition coefficient (Wildman–Crippen LogP) is 2.19. The summed E-state index contributed by atoms with van der Waals surface area (Å²) in [6, 6.07) is 14.0. The zero-order valence-electron chi connectivity index (χ0n) is 13.7. The van der Waals surface area contributed by atoms with Gasteiger partial charge in [-0.3, -0.25) is 14.4 Å². The third kappa shape index (κ3) is 5.55. The molecular weight excluding hydrogens is 339 g/mol. The molecule has 0 bridgehead atoms. The number of carboxylic acids is 1. The van der Waals surface area contributed by atoms with Gasteiger partial charge >= 0.3 is 5.97 Å². The second-order valence-electron chi connectivity index (χ2n) is 5.30. The van der Waals surface area contributed by atoms with E-state index in [0.717, 1.165) is 0 Å². The molecule has 2 amide bonds. The highest BCUT2D eigenvalue weighted by Crippen LogP contribution is 2.11. The van der Waals surface area contributed by atoms with Gasteiger partial charge in [-0.05, 0) is 24.3 Å². The van der Waals surface area contributed by atoms with Gasteiger partial charge in [0.15, 0.2) is 0 Å². The smallest absolute Gasteiger partial charge is 0.305 e. The van der Waals surface area contributed by atoms with Crippen molar-refractivity contribution >= 4 is 23.9 Å². The predicted molar refractivity (Wildman–Crippen MR) is 93.5 cm³/mol. The maximum atomic E-state index is 13.9. The highest BCUT2D eigenvalue weighted by atomic mass is 19.1. The summed E-state index contributed by atoms with van der Waals surface area (Å²) in [7, 11) is 0. The summed E-state index contributed by atoms with van der Waals surface area (Å²) in [5.74, 6) is -2.88. The van der Waals surface area contributed by atoms with Crippen LogP contribution in [-0.2, 0) is 9.59 Å². The van der Waals surface area contributed by atoms with E-state index in [4.69, 9.17) is 5.11 Å². The van der Waals surface area contributed by atoms with E-state index in [0.29, 0.717) is 5.56 Å². The average molecular weight is 356 g/mol. The van der Waals surface area contributed by atoms with Gasteiger partial charge in [0.05, 0.1) is 6.42 Å². The number of carboxylic acid groups (broad SMARTS) is 1. The number of amides is 2. The third-order valence-corrected chi connectivity index (χ3v) is 3.36. The number of carbonyl (C=O) groups is 3. The summed E-state index contributed by atoms with van der Waals surface area (Å²) in [6.45, 7) is -0.121. The molecular formula is C19H17FN2O4. The number of benzene rings is 2. The molecule has 3 N–H and O–H groups in total. The zero-order valence-corrected chi connectivity index (χ0v) is 13.7. The Morgan fingerprint density at radius 3 is 2.31 bits per heavy atom. The van der Waals surface area contributed by atoms with Gasteiger partial charge in [0.25, 0.3) is 11.8 Å². The summed E-state index contributed by atoms with van der Waals surface area (Å²) in [6.07, 6.45) is 0.928. The molecule has 7 heteroatoms. The molecule has 0 atom stereocenters. The van der Waals surface area contributed by atoms with Gasteiger partial charge in [-0.1, -0.05) is 36.4 Å². The summed E-state index contributed by atoms with van der Waals surface area (Å²) < 4.78 is 13.9. The molecule has 0 unspecified atom stereocenters. The highest BCUT2D eigenvalue weighted by molar-refractivity contribution is 6.05. The molecule has 0 aliphatic carbocycles. The molecule has 2 aromatic carbocycles. The fourth-order valence-electron chi connectivity index (χ4n) is 2.07. The van der Waals surface area contributed by atoms with Crippen LogP contribution in [0.4, 0.5) is 4.39 Å². The first-order valence-electron chi connectivity index (χ1n) is 7.80. The minimum atomic E-state index is -1.07. The molecule has 26 heavy (non-hydrogen) atoms. The monoisotopic (exact) mass is 356 g/mol. The Morgan fingerprint density at radius 2 is 1.65 bits per heavy atom. The lowest BCUT2D eigenvalue weighted by Crippen LogP contribution is -2.35. The van der Waals surface area contributed by atoms with E-state index in [-0.39, 0.29) is 24.2 Å². The lowest BCUT2D eigenvalue weighted by Gasteiger charge is -2.11. The molecule has 0 radical (unpaired) electrons. The Bertz CT molecular complexity index is 834. The Hall–Kier alpha value is -3.48. The number of rotatable bonds is 7. The van der Waals surface area contributed by atoms with Crippen molar-refractivity contribution in [2.75, 3.05) is 6.54 Å². The molecule has 134 valence electrons. The van der Waals surface area contributed by atoms with E-state index in [9.17, 15) is 18.8 Å². The van der Waals surface area contributed by atoms with Crippen LogP contribution in [0.2, 0.25) is 0 Å². The summed E-state index contributed by atoms with van der Waals surface area (Å²) in [5, 5.41) is 13.5. The van der Waals surface area contributed by atoms with Crippen molar-refractivity contribution in [1.29, 1.82) is 0 Å². The largest absolute Gasteiger partial charge is 0.481 e. The quantitative estimate of drug-likeness (QED) is 0.663. The lowest BCUT2D eigenvalue weighted by molar-refractivity contribution is -0.136. The van der Waals surface area contributed by atoms with E-state index in [1.807, 2.05) is 0 Å². The first kappa shape index (κ1) is 18.9. The second kappa shape index (κ2) is 9.12. The Balaban J connectivity index is 2.23. The van der Waals surface area contributed by atoms with Gasteiger partial charge in [0.1, 0.15) is 11.5 Å². The van der Waals surface area contributed by atoms with Crippen LogP contribution in [0.3, 0.4) is 0 Å². The molecule has 0 aliphatic rings. The van der Waals surface area contributed by atoms with Crippen molar-refractivity contribution in [2.24, 2.45) is 0 Å². The van der Waals surface area contributed by atoms with Gasteiger partial charge in [-0.25, -0.2) is 4.39 Å². The molecule has 0 aliphatic heterocycles. The van der Waals surface area contributed by atoms with Crippen molar-refractivity contribution in [3.63, 3.8) is 0 Å². The van der Waals surface area contributed by atoms with Crippen LogP contribution in [0, 0.1) is 5.82 Å². The van der Waals surface area contributed by atoms with Crippen molar-refractivity contribution < 1.29 is 23.9 Å². The van der Waals surface area contributed by atoms with Crippen molar-refractivity contribution in [2.45, 2.75) is 6.42 Å². The van der Waals surface area contributed by atoms with Gasteiger partial charge < -0.3 is 15.7 Å². The summed E-state index contributed by atoms with van der Waals surface area (Å²) in [5.41, 5.74) is 0.254. The number of halogens is 1. The normalized spacial score (nSPS) is 10.9. The van der Waals surface area contributed by atoms with E-state index in [1.165, 1.54) is 24.3 Å². The highest BCUT2D eigenvalue weighted by Gasteiger charge is 2.15. The molecule has 0 spiro atoms. The number of nitrogens with one attached hydrogen (secondary N) is 2. The maximum Gasteiger partial charge on any atom is 0.305 e. The first-order chi connectivity index (χ1) is 12.5. The minimum absolute atomic E-state index is 0.115. The molecule has 6 nitrogen and oxygen atoms in total. The average Bonchev–Trinajstić information content (AvgIpc) is 2.63. The standard InChI is InChI=1S/C19H17FN2O4/c20-15-9-5-4-8-14(15)12-16(19(26)21-11-10-17(23)24)22-18(25)13-6-2-1-3-7-13/h1-9,12H,10-11H2,(H,21,26)(H,22,25)(H,23,24)/b16-12-. The van der Waals surface area contributed by atoms with E-state index < -0.39 is 23.6 Å². The molecule has 0 aromatic heterocycles. The van der Waals surface area contributed by atoms with Crippen LogP contribution in [-0.4, -0.2) is 29.4 Å². The molecule has 0 heterocycles.